The van der Waals surface area contributed by atoms with Crippen LogP contribution in [-0.4, -0.2) is 37.2 Å². The molecule has 0 radical (unpaired) electrons. The first kappa shape index (κ1) is 38.4. The minimum Gasteiger partial charge on any atom is -0.462 e. The van der Waals surface area contributed by atoms with Crippen LogP contribution in [0, 0.1) is 0 Å². The van der Waals surface area contributed by atoms with Gasteiger partial charge in [0.1, 0.15) is 13.2 Å². The Kier molecular flexibility index (Phi) is 28.4. The van der Waals surface area contributed by atoms with Crippen molar-refractivity contribution in [2.45, 2.75) is 142 Å². The van der Waals surface area contributed by atoms with E-state index in [0.29, 0.717) is 19.3 Å². The fraction of sp³-hybridized carbons (Fsp3) is 0.686. The molecule has 0 unspecified atom stereocenters. The number of hydrogen-bond donors (Lipinski definition) is 0. The van der Waals surface area contributed by atoms with Gasteiger partial charge in [0.15, 0.2) is 6.10 Å². The Labute approximate surface area is 250 Å². The smallest absolute Gasteiger partial charge is 0.306 e. The fourth-order valence-corrected chi connectivity index (χ4v) is 3.92. The molecule has 41 heavy (non-hydrogen) atoms. The fourth-order valence-electron chi connectivity index (χ4n) is 3.92. The minimum absolute atomic E-state index is 0.103. The summed E-state index contributed by atoms with van der Waals surface area (Å²) < 4.78 is 16.3. The van der Waals surface area contributed by atoms with Crippen molar-refractivity contribution in [1.82, 2.24) is 0 Å². The predicted molar refractivity (Wildman–Crippen MR) is 168 cm³/mol. The number of allylic oxidation sites excluding steroid dienone is 8. The lowest BCUT2D eigenvalue weighted by molar-refractivity contribution is -0.167. The largest absolute Gasteiger partial charge is 0.462 e. The van der Waals surface area contributed by atoms with Crippen LogP contribution in [0.1, 0.15) is 136 Å². The highest BCUT2D eigenvalue weighted by Crippen LogP contribution is 2.10. The van der Waals surface area contributed by atoms with Gasteiger partial charge in [-0.05, 0) is 70.6 Å². The molecule has 0 heterocycles. The Balaban J connectivity index is 4.43. The van der Waals surface area contributed by atoms with Gasteiger partial charge in [-0.3, -0.25) is 14.4 Å². The van der Waals surface area contributed by atoms with Crippen LogP contribution in [0.15, 0.2) is 48.6 Å². The number of carbonyl (C=O) groups is 3. The molecule has 0 aliphatic rings. The molecule has 0 spiro atoms. The highest BCUT2D eigenvalue weighted by Gasteiger charge is 2.19. The van der Waals surface area contributed by atoms with Gasteiger partial charge in [-0.25, -0.2) is 0 Å². The molecule has 0 aliphatic carbocycles. The first-order chi connectivity index (χ1) is 20.0. The summed E-state index contributed by atoms with van der Waals surface area (Å²) in [5.41, 5.74) is 0. The van der Waals surface area contributed by atoms with Gasteiger partial charge < -0.3 is 14.2 Å². The van der Waals surface area contributed by atoms with E-state index in [-0.39, 0.29) is 31.1 Å². The van der Waals surface area contributed by atoms with E-state index in [0.717, 1.165) is 96.3 Å². The molecule has 6 nitrogen and oxygen atoms in total. The van der Waals surface area contributed by atoms with Gasteiger partial charge in [-0.2, -0.15) is 0 Å². The minimum atomic E-state index is -0.788. The molecule has 0 aromatic rings. The van der Waals surface area contributed by atoms with Gasteiger partial charge in [-0.1, -0.05) is 95.1 Å². The van der Waals surface area contributed by atoms with Crippen molar-refractivity contribution in [3.8, 4) is 0 Å². The third kappa shape index (κ3) is 28.7. The van der Waals surface area contributed by atoms with Crippen molar-refractivity contribution >= 4 is 17.9 Å². The van der Waals surface area contributed by atoms with E-state index in [4.69, 9.17) is 14.2 Å². The molecule has 0 fully saturated rings. The topological polar surface area (TPSA) is 78.9 Å². The number of hydrogen-bond acceptors (Lipinski definition) is 6. The number of rotatable bonds is 27. The summed E-state index contributed by atoms with van der Waals surface area (Å²) in [6.07, 6.45) is 31.5. The quantitative estimate of drug-likeness (QED) is 0.0421. The maximum absolute atomic E-state index is 12.4. The molecule has 6 heteroatoms. The Bertz CT molecular complexity index is 715. The standard InChI is InChI=1S/C35H58O6/c1-4-7-10-13-15-17-19-22-24-27-33(36)39-30-32(41-35(38)29-26-21-12-9-6-3)31-40-34(37)28-25-23-20-18-16-14-11-8-5-2/h7-8,10-11,15-18,32H,4-6,9,12-14,19-31H2,1-3H3. The van der Waals surface area contributed by atoms with Gasteiger partial charge >= 0.3 is 17.9 Å². The van der Waals surface area contributed by atoms with E-state index >= 15 is 0 Å². The molecule has 0 aliphatic heterocycles. The summed E-state index contributed by atoms with van der Waals surface area (Å²) in [6, 6.07) is 0. The lowest BCUT2D eigenvalue weighted by Gasteiger charge is -2.18. The van der Waals surface area contributed by atoms with E-state index in [2.05, 4.69) is 69.4 Å². The first-order valence-corrected chi connectivity index (χ1v) is 16.1. The molecular weight excluding hydrogens is 516 g/mol. The molecular formula is C35H58O6. The van der Waals surface area contributed by atoms with Crippen LogP contribution >= 0.6 is 0 Å². The van der Waals surface area contributed by atoms with Crippen molar-refractivity contribution in [2.75, 3.05) is 13.2 Å². The monoisotopic (exact) mass is 574 g/mol. The lowest BCUT2D eigenvalue weighted by Crippen LogP contribution is -2.30. The molecule has 0 saturated heterocycles. The lowest BCUT2D eigenvalue weighted by atomic mass is 10.1. The highest BCUT2D eigenvalue weighted by atomic mass is 16.6. The van der Waals surface area contributed by atoms with Gasteiger partial charge in [0, 0.05) is 19.3 Å². The van der Waals surface area contributed by atoms with Crippen molar-refractivity contribution in [3.05, 3.63) is 48.6 Å². The summed E-state index contributed by atoms with van der Waals surface area (Å²) in [6.45, 7) is 6.17. The normalized spacial score (nSPS) is 12.6. The van der Waals surface area contributed by atoms with E-state index in [1.54, 1.807) is 0 Å². The Morgan fingerprint density at radius 3 is 1.44 bits per heavy atom. The van der Waals surface area contributed by atoms with E-state index in [1.165, 1.54) is 0 Å². The van der Waals surface area contributed by atoms with Crippen LogP contribution in [0.5, 0.6) is 0 Å². The van der Waals surface area contributed by atoms with Crippen LogP contribution < -0.4 is 0 Å². The van der Waals surface area contributed by atoms with Crippen LogP contribution in [0.3, 0.4) is 0 Å². The Morgan fingerprint density at radius 1 is 0.512 bits per heavy atom. The average molecular weight is 575 g/mol. The van der Waals surface area contributed by atoms with Crippen molar-refractivity contribution in [3.63, 3.8) is 0 Å². The molecule has 234 valence electrons. The molecule has 0 saturated carbocycles. The maximum atomic E-state index is 12.4. The maximum Gasteiger partial charge on any atom is 0.306 e. The van der Waals surface area contributed by atoms with E-state index < -0.39 is 6.10 Å². The number of carbonyl (C=O) groups excluding carboxylic acids is 3. The zero-order valence-corrected chi connectivity index (χ0v) is 26.3. The average Bonchev–Trinajstić information content (AvgIpc) is 2.96. The van der Waals surface area contributed by atoms with E-state index in [1.807, 2.05) is 0 Å². The zero-order valence-electron chi connectivity index (χ0n) is 26.3. The zero-order chi connectivity index (χ0) is 30.2. The van der Waals surface area contributed by atoms with E-state index in [9.17, 15) is 14.4 Å². The second-order valence-corrected chi connectivity index (χ2v) is 10.3. The second kappa shape index (κ2) is 30.3. The number of ether oxygens (including phenoxy) is 3. The highest BCUT2D eigenvalue weighted by molar-refractivity contribution is 5.71. The summed E-state index contributed by atoms with van der Waals surface area (Å²) in [5.74, 6) is -1.00. The number of esters is 3. The predicted octanol–water partition coefficient (Wildman–Crippen LogP) is 9.29. The molecule has 0 N–H and O–H groups in total. The third-order valence-corrected chi connectivity index (χ3v) is 6.33. The van der Waals surface area contributed by atoms with Crippen molar-refractivity contribution < 1.29 is 28.6 Å². The van der Waals surface area contributed by atoms with Crippen LogP contribution in [0.25, 0.3) is 0 Å². The van der Waals surface area contributed by atoms with Gasteiger partial charge in [-0.15, -0.1) is 0 Å². The Hall–Kier alpha value is -2.63. The number of unbranched alkanes of at least 4 members (excludes halogenated alkanes) is 8. The summed E-state index contributed by atoms with van der Waals surface area (Å²) in [4.78, 5) is 36.9. The molecule has 0 aromatic heterocycles. The van der Waals surface area contributed by atoms with Crippen LogP contribution in [0.4, 0.5) is 0 Å². The van der Waals surface area contributed by atoms with Gasteiger partial charge in [0.2, 0.25) is 0 Å². The molecule has 0 bridgehead atoms. The third-order valence-electron chi connectivity index (χ3n) is 6.33. The van der Waals surface area contributed by atoms with Gasteiger partial charge in [0.05, 0.1) is 0 Å². The SMILES string of the molecule is CCC=CCC=CCCCCC(=O)OCC(COC(=O)CCCCC=CCC=CCC)OC(=O)CCCCCCC. The van der Waals surface area contributed by atoms with Crippen LogP contribution in [-0.2, 0) is 28.6 Å². The second-order valence-electron chi connectivity index (χ2n) is 10.3. The summed E-state index contributed by atoms with van der Waals surface area (Å²) >= 11 is 0. The molecule has 0 rings (SSSR count). The summed E-state index contributed by atoms with van der Waals surface area (Å²) in [5, 5.41) is 0. The molecule has 0 amide bonds. The Morgan fingerprint density at radius 2 is 0.951 bits per heavy atom. The summed E-state index contributed by atoms with van der Waals surface area (Å²) in [7, 11) is 0. The molecule has 0 aromatic carbocycles. The van der Waals surface area contributed by atoms with Gasteiger partial charge in [0.25, 0.3) is 0 Å². The van der Waals surface area contributed by atoms with Crippen molar-refractivity contribution in [1.29, 1.82) is 0 Å². The molecule has 0 atom stereocenters. The first-order valence-electron chi connectivity index (χ1n) is 16.1. The van der Waals surface area contributed by atoms with Crippen LogP contribution in [0.2, 0.25) is 0 Å². The van der Waals surface area contributed by atoms with Crippen molar-refractivity contribution in [2.24, 2.45) is 0 Å².